The average molecular weight is 374 g/mol. The second-order valence-electron chi connectivity index (χ2n) is 8.03. The first kappa shape index (κ1) is 18.7. The van der Waals surface area contributed by atoms with Crippen LogP contribution in [0.4, 0.5) is 0 Å². The predicted molar refractivity (Wildman–Crippen MR) is 111 cm³/mol. The lowest BCUT2D eigenvalue weighted by Gasteiger charge is -2.29. The van der Waals surface area contributed by atoms with Crippen LogP contribution in [0.5, 0.6) is 0 Å². The minimum Gasteiger partial charge on any atom is -0.294 e. The first-order valence-electron chi connectivity index (χ1n) is 8.86. The summed E-state index contributed by atoms with van der Waals surface area (Å²) in [6, 6.07) is 4.46. The highest BCUT2D eigenvalue weighted by Crippen LogP contribution is 2.46. The van der Waals surface area contributed by atoms with E-state index in [1.54, 1.807) is 6.92 Å². The third-order valence-electron chi connectivity index (χ3n) is 5.32. The normalized spacial score (nSPS) is 15.9. The number of Topliss-reactive ketones (excluding diaryl/α,β-unsaturated/α-hetero) is 1. The Morgan fingerprint density at radius 3 is 2.64 bits per heavy atom. The second-order valence-corrected chi connectivity index (χ2v) is 9.45. The summed E-state index contributed by atoms with van der Waals surface area (Å²) in [7, 11) is 0. The van der Waals surface area contributed by atoms with Crippen LogP contribution in [-0.2, 0) is 19.4 Å². The third kappa shape index (κ3) is 3.57. The Hall–Kier alpha value is -1.10. The molecule has 0 unspecified atom stereocenters. The van der Waals surface area contributed by atoms with Crippen LogP contribution >= 0.6 is 24.2 Å². The largest absolute Gasteiger partial charge is 0.294 e. The summed E-state index contributed by atoms with van der Waals surface area (Å²) in [5, 5.41) is 0. The van der Waals surface area contributed by atoms with E-state index in [0.29, 0.717) is 0 Å². The molecule has 3 rings (SSSR count). The fourth-order valence-corrected chi connectivity index (χ4v) is 5.50. The minimum atomic E-state index is 0.198. The number of hydrogen-bond donors (Lipinski definition) is 2. The molecule has 1 aliphatic rings. The maximum atomic E-state index is 12.5. The molecule has 0 bridgehead atoms. The number of aryl methyl sites for hydroxylation is 3. The number of ketones is 1. The molecule has 134 valence electrons. The van der Waals surface area contributed by atoms with Crippen LogP contribution in [0.1, 0.15) is 64.7 Å². The number of nitrogens with one attached hydrogen (secondary N) is 1. The van der Waals surface area contributed by atoms with Crippen molar-refractivity contribution in [3.8, 4) is 10.4 Å². The first-order valence-corrected chi connectivity index (χ1v) is 10.1. The van der Waals surface area contributed by atoms with Crippen molar-refractivity contribution in [2.75, 3.05) is 0 Å². The summed E-state index contributed by atoms with van der Waals surface area (Å²) in [4.78, 5) is 15.1. The highest BCUT2D eigenvalue weighted by atomic mass is 32.1. The number of thiol groups is 1. The van der Waals surface area contributed by atoms with E-state index in [-0.39, 0.29) is 11.2 Å². The maximum absolute atomic E-state index is 12.5. The van der Waals surface area contributed by atoms with Gasteiger partial charge >= 0.3 is 0 Å². The van der Waals surface area contributed by atoms with Gasteiger partial charge in [-0.25, -0.2) is 0 Å². The van der Waals surface area contributed by atoms with Gasteiger partial charge in [-0.3, -0.25) is 9.52 Å². The SMILES string of the molecule is CC(=O)c1c(-c2cc(C)c(CNS)cc2C)sc2c1CC(C)(C)CC2. The summed E-state index contributed by atoms with van der Waals surface area (Å²) in [5.74, 6) is 0.198. The monoisotopic (exact) mass is 373 g/mol. The van der Waals surface area contributed by atoms with E-state index in [2.05, 4.69) is 57.4 Å². The van der Waals surface area contributed by atoms with Gasteiger partial charge in [0.05, 0.1) is 0 Å². The van der Waals surface area contributed by atoms with Gasteiger partial charge in [-0.15, -0.1) is 11.3 Å². The molecule has 2 aromatic rings. The Balaban J connectivity index is 2.17. The molecule has 1 aromatic heterocycles. The van der Waals surface area contributed by atoms with Crippen molar-refractivity contribution in [2.45, 2.75) is 60.4 Å². The molecule has 0 saturated heterocycles. The van der Waals surface area contributed by atoms with Crippen molar-refractivity contribution in [2.24, 2.45) is 5.41 Å². The number of hydrogen-bond acceptors (Lipinski definition) is 4. The van der Waals surface area contributed by atoms with Crippen molar-refractivity contribution < 1.29 is 4.79 Å². The Morgan fingerprint density at radius 2 is 2.00 bits per heavy atom. The molecular weight excluding hydrogens is 346 g/mol. The fourth-order valence-electron chi connectivity index (χ4n) is 3.88. The number of thiophene rings is 1. The van der Waals surface area contributed by atoms with Gasteiger partial charge in [0.2, 0.25) is 0 Å². The van der Waals surface area contributed by atoms with Crippen LogP contribution in [0.25, 0.3) is 10.4 Å². The van der Waals surface area contributed by atoms with E-state index >= 15 is 0 Å². The van der Waals surface area contributed by atoms with Gasteiger partial charge in [0.15, 0.2) is 5.78 Å². The Kier molecular flexibility index (Phi) is 5.16. The molecule has 0 radical (unpaired) electrons. The molecular formula is C21H27NOS2. The van der Waals surface area contributed by atoms with E-state index < -0.39 is 0 Å². The summed E-state index contributed by atoms with van der Waals surface area (Å²) >= 11 is 5.96. The van der Waals surface area contributed by atoms with Crippen molar-refractivity contribution in [1.82, 2.24) is 4.72 Å². The molecule has 0 amide bonds. The van der Waals surface area contributed by atoms with Crippen molar-refractivity contribution >= 4 is 29.9 Å². The van der Waals surface area contributed by atoms with Gasteiger partial charge in [-0.05, 0) is 73.3 Å². The fraction of sp³-hybridized carbons (Fsp3) is 0.476. The van der Waals surface area contributed by atoms with Crippen molar-refractivity contribution in [1.29, 1.82) is 0 Å². The summed E-state index contributed by atoms with van der Waals surface area (Å²) < 4.78 is 2.93. The summed E-state index contributed by atoms with van der Waals surface area (Å²) in [6.07, 6.45) is 3.29. The molecule has 0 aliphatic heterocycles. The third-order valence-corrected chi connectivity index (χ3v) is 6.81. The molecule has 1 N–H and O–H groups in total. The molecule has 2 nitrogen and oxygen atoms in total. The molecule has 0 saturated carbocycles. The quantitative estimate of drug-likeness (QED) is 0.533. The lowest BCUT2D eigenvalue weighted by atomic mass is 9.75. The second kappa shape index (κ2) is 6.90. The number of benzene rings is 1. The zero-order valence-electron chi connectivity index (χ0n) is 15.7. The molecule has 1 aromatic carbocycles. The van der Waals surface area contributed by atoms with E-state index in [1.807, 2.05) is 11.3 Å². The molecule has 0 spiro atoms. The molecule has 1 aliphatic carbocycles. The van der Waals surface area contributed by atoms with E-state index in [0.717, 1.165) is 24.9 Å². The average Bonchev–Trinajstić information content (AvgIpc) is 2.87. The predicted octanol–water partition coefficient (Wildman–Crippen LogP) is 5.68. The van der Waals surface area contributed by atoms with Crippen LogP contribution in [0.15, 0.2) is 12.1 Å². The zero-order chi connectivity index (χ0) is 18.4. The van der Waals surface area contributed by atoms with Crippen LogP contribution in [0.3, 0.4) is 0 Å². The number of fused-ring (bicyclic) bond motifs is 1. The van der Waals surface area contributed by atoms with E-state index in [1.165, 1.54) is 44.0 Å². The van der Waals surface area contributed by atoms with Gasteiger partial charge in [0.25, 0.3) is 0 Å². The van der Waals surface area contributed by atoms with Crippen LogP contribution in [0.2, 0.25) is 0 Å². The molecule has 0 atom stereocenters. The topological polar surface area (TPSA) is 29.1 Å². The summed E-state index contributed by atoms with van der Waals surface area (Å²) in [5.41, 5.74) is 7.49. The zero-order valence-corrected chi connectivity index (χ0v) is 17.5. The van der Waals surface area contributed by atoms with E-state index in [9.17, 15) is 4.79 Å². The Morgan fingerprint density at radius 1 is 1.28 bits per heavy atom. The lowest BCUT2D eigenvalue weighted by molar-refractivity contribution is 0.101. The Bertz CT molecular complexity index is 833. The van der Waals surface area contributed by atoms with Gasteiger partial charge in [-0.2, -0.15) is 0 Å². The summed E-state index contributed by atoms with van der Waals surface area (Å²) in [6.45, 7) is 11.4. The molecule has 4 heteroatoms. The number of carbonyl (C=O) groups is 1. The van der Waals surface area contributed by atoms with Crippen LogP contribution in [-0.4, -0.2) is 5.78 Å². The van der Waals surface area contributed by atoms with Gasteiger partial charge < -0.3 is 0 Å². The van der Waals surface area contributed by atoms with Crippen LogP contribution in [0, 0.1) is 19.3 Å². The number of carbonyl (C=O) groups excluding carboxylic acids is 1. The highest BCUT2D eigenvalue weighted by molar-refractivity contribution is 7.78. The highest BCUT2D eigenvalue weighted by Gasteiger charge is 2.32. The lowest BCUT2D eigenvalue weighted by Crippen LogP contribution is -2.22. The van der Waals surface area contributed by atoms with Crippen LogP contribution < -0.4 is 4.72 Å². The first-order chi connectivity index (χ1) is 11.7. The van der Waals surface area contributed by atoms with Gasteiger partial charge in [0, 0.05) is 21.9 Å². The maximum Gasteiger partial charge on any atom is 0.161 e. The molecule has 0 fully saturated rings. The van der Waals surface area contributed by atoms with Crippen molar-refractivity contribution in [3.05, 3.63) is 44.8 Å². The van der Waals surface area contributed by atoms with E-state index in [4.69, 9.17) is 0 Å². The van der Waals surface area contributed by atoms with Gasteiger partial charge in [-0.1, -0.05) is 38.8 Å². The molecule has 25 heavy (non-hydrogen) atoms. The molecule has 1 heterocycles. The Labute approximate surface area is 160 Å². The number of rotatable bonds is 4. The van der Waals surface area contributed by atoms with Gasteiger partial charge in [0.1, 0.15) is 0 Å². The smallest absolute Gasteiger partial charge is 0.161 e. The minimum absolute atomic E-state index is 0.198. The standard InChI is InChI=1S/C21H27NOS2/c1-12-9-16(13(2)8-15(12)11-22-24)20-19(14(3)23)17-10-21(4,5)7-6-18(17)25-20/h8-9,22,24H,6-7,10-11H2,1-5H3. The van der Waals surface area contributed by atoms with Crippen molar-refractivity contribution in [3.63, 3.8) is 0 Å².